The predicted octanol–water partition coefficient (Wildman–Crippen LogP) is 1.69. The lowest BCUT2D eigenvalue weighted by Gasteiger charge is -2.39. The second-order valence-corrected chi connectivity index (χ2v) is 5.49. The van der Waals surface area contributed by atoms with E-state index in [9.17, 15) is 4.79 Å². The van der Waals surface area contributed by atoms with Crippen molar-refractivity contribution < 1.29 is 9.53 Å². The van der Waals surface area contributed by atoms with Gasteiger partial charge >= 0.3 is 5.97 Å². The van der Waals surface area contributed by atoms with Gasteiger partial charge in [0.25, 0.3) is 0 Å². The minimum absolute atomic E-state index is 0.232. The van der Waals surface area contributed by atoms with E-state index in [1.54, 1.807) is 0 Å². The van der Waals surface area contributed by atoms with Crippen LogP contribution in [0, 0.1) is 0 Å². The number of ether oxygens (including phenoxy) is 1. The van der Waals surface area contributed by atoms with E-state index in [1.807, 2.05) is 0 Å². The molecule has 0 saturated carbocycles. The van der Waals surface area contributed by atoms with Gasteiger partial charge in [-0.1, -0.05) is 22.4 Å². The topological polar surface area (TPSA) is 41.6 Å². The maximum atomic E-state index is 11.2. The average Bonchev–Trinajstić information content (AvgIpc) is 2.27. The van der Waals surface area contributed by atoms with Crippen LogP contribution >= 0.6 is 15.9 Å². The number of esters is 1. The van der Waals surface area contributed by atoms with Crippen LogP contribution in [-0.4, -0.2) is 41.5 Å². The van der Waals surface area contributed by atoms with Crippen LogP contribution in [0.1, 0.15) is 33.1 Å². The third-order valence-corrected chi connectivity index (χ3v) is 3.80. The van der Waals surface area contributed by atoms with Crippen molar-refractivity contribution in [3.8, 4) is 0 Å². The third kappa shape index (κ3) is 3.71. The Labute approximate surface area is 106 Å². The fourth-order valence-electron chi connectivity index (χ4n) is 2.13. The molecule has 0 aromatic carbocycles. The molecule has 94 valence electrons. The van der Waals surface area contributed by atoms with Crippen molar-refractivity contribution in [3.63, 3.8) is 0 Å². The zero-order chi connectivity index (χ0) is 12.1. The van der Waals surface area contributed by atoms with E-state index in [0.717, 1.165) is 0 Å². The molecule has 1 heterocycles. The summed E-state index contributed by atoms with van der Waals surface area (Å²) in [4.78, 5) is 10.9. The minimum atomic E-state index is -0.279. The first-order valence-electron chi connectivity index (χ1n) is 5.80. The maximum absolute atomic E-state index is 11.2. The first kappa shape index (κ1) is 13.9. The number of carbonyl (C=O) groups excluding carboxylic acids is 1. The number of rotatable bonds is 4. The molecule has 1 rings (SSSR count). The number of halogens is 1. The minimum Gasteiger partial charge on any atom is -0.468 e. The molecule has 0 aromatic rings. The number of hydrogen-bond donors (Lipinski definition) is 1. The molecule has 1 saturated heterocycles. The van der Waals surface area contributed by atoms with Crippen LogP contribution in [0.25, 0.3) is 0 Å². The lowest BCUT2D eigenvalue weighted by Crippen LogP contribution is -2.53. The molecule has 1 aliphatic rings. The highest BCUT2D eigenvalue weighted by Crippen LogP contribution is 2.20. The molecular formula is C11H21BrN2O2. The van der Waals surface area contributed by atoms with Crippen LogP contribution in [-0.2, 0) is 9.53 Å². The molecule has 16 heavy (non-hydrogen) atoms. The van der Waals surface area contributed by atoms with Gasteiger partial charge in [0.05, 0.1) is 7.11 Å². The van der Waals surface area contributed by atoms with Crippen LogP contribution in [0.2, 0.25) is 0 Å². The van der Waals surface area contributed by atoms with Gasteiger partial charge in [0, 0.05) is 18.6 Å². The van der Waals surface area contributed by atoms with Crippen molar-refractivity contribution >= 4 is 21.9 Å². The Morgan fingerprint density at radius 2 is 2.06 bits per heavy atom. The number of methoxy groups -OCH3 is 1. The van der Waals surface area contributed by atoms with Crippen molar-refractivity contribution in [2.75, 3.05) is 13.7 Å². The van der Waals surface area contributed by atoms with Crippen LogP contribution in [0.5, 0.6) is 0 Å². The molecule has 4 nitrogen and oxygen atoms in total. The molecule has 0 spiro atoms. The summed E-state index contributed by atoms with van der Waals surface area (Å²) in [6.07, 6.45) is 3.71. The number of nitrogens with one attached hydrogen (secondary N) is 1. The van der Waals surface area contributed by atoms with Crippen LogP contribution < -0.4 is 5.43 Å². The van der Waals surface area contributed by atoms with E-state index in [4.69, 9.17) is 0 Å². The van der Waals surface area contributed by atoms with Crippen LogP contribution in [0.15, 0.2) is 0 Å². The molecular weight excluding hydrogens is 272 g/mol. The third-order valence-electron chi connectivity index (χ3n) is 3.10. The van der Waals surface area contributed by atoms with Crippen molar-refractivity contribution in [1.29, 1.82) is 0 Å². The summed E-state index contributed by atoms with van der Waals surface area (Å²) in [5.74, 6) is -0.232. The van der Waals surface area contributed by atoms with Crippen LogP contribution in [0.3, 0.4) is 0 Å². The maximum Gasteiger partial charge on any atom is 0.320 e. The summed E-state index contributed by atoms with van der Waals surface area (Å²) < 4.78 is 4.66. The lowest BCUT2D eigenvalue weighted by atomic mass is 10.00. The Hall–Kier alpha value is -0.130. The van der Waals surface area contributed by atoms with E-state index >= 15 is 0 Å². The highest BCUT2D eigenvalue weighted by atomic mass is 79.9. The Morgan fingerprint density at radius 1 is 1.50 bits per heavy atom. The van der Waals surface area contributed by atoms with Gasteiger partial charge in [0.15, 0.2) is 0 Å². The Balaban J connectivity index is 2.37. The van der Waals surface area contributed by atoms with Crippen molar-refractivity contribution in [2.24, 2.45) is 0 Å². The molecule has 3 unspecified atom stereocenters. The van der Waals surface area contributed by atoms with Gasteiger partial charge in [-0.25, -0.2) is 5.01 Å². The Morgan fingerprint density at radius 3 is 2.56 bits per heavy atom. The van der Waals surface area contributed by atoms with Gasteiger partial charge < -0.3 is 4.74 Å². The molecule has 1 N–H and O–H groups in total. The molecule has 0 aliphatic carbocycles. The molecule has 0 radical (unpaired) electrons. The number of carbonyl (C=O) groups is 1. The number of hydrazine groups is 1. The highest BCUT2D eigenvalue weighted by molar-refractivity contribution is 9.10. The molecule has 5 heteroatoms. The summed E-state index contributed by atoms with van der Waals surface area (Å²) in [5.41, 5.74) is 3.32. The van der Waals surface area contributed by atoms with E-state index in [0.29, 0.717) is 18.6 Å². The molecule has 0 amide bonds. The van der Waals surface area contributed by atoms with E-state index in [1.165, 1.54) is 26.4 Å². The summed E-state index contributed by atoms with van der Waals surface area (Å²) in [6, 6.07) is 1.06. The molecule has 3 atom stereocenters. The van der Waals surface area contributed by atoms with Crippen molar-refractivity contribution in [1.82, 2.24) is 10.4 Å². The SMILES string of the molecule is COC(=O)C(Br)CNN1C(C)CCCC1C. The quantitative estimate of drug-likeness (QED) is 0.632. The van der Waals surface area contributed by atoms with Gasteiger partial charge in [-0.05, 0) is 26.7 Å². The second kappa shape index (κ2) is 6.57. The summed E-state index contributed by atoms with van der Waals surface area (Å²) in [5, 5.41) is 2.25. The van der Waals surface area contributed by atoms with Crippen molar-refractivity contribution in [2.45, 2.75) is 50.0 Å². The number of piperidine rings is 1. The monoisotopic (exact) mass is 292 g/mol. The zero-order valence-electron chi connectivity index (χ0n) is 10.2. The first-order valence-corrected chi connectivity index (χ1v) is 6.71. The Bertz CT molecular complexity index is 228. The number of nitrogens with zero attached hydrogens (tertiary/aromatic N) is 1. The highest BCUT2D eigenvalue weighted by Gasteiger charge is 2.25. The molecule has 1 fully saturated rings. The van der Waals surface area contributed by atoms with Gasteiger partial charge in [0.2, 0.25) is 0 Å². The van der Waals surface area contributed by atoms with E-state index in [2.05, 4.69) is 44.9 Å². The normalized spacial score (nSPS) is 28.8. The molecule has 0 aromatic heterocycles. The van der Waals surface area contributed by atoms with Gasteiger partial charge in [-0.2, -0.15) is 0 Å². The fourth-order valence-corrected chi connectivity index (χ4v) is 2.46. The van der Waals surface area contributed by atoms with Gasteiger partial charge in [-0.3, -0.25) is 10.2 Å². The Kier molecular flexibility index (Phi) is 5.72. The first-order chi connectivity index (χ1) is 7.56. The fraction of sp³-hybridized carbons (Fsp3) is 0.909. The average molecular weight is 293 g/mol. The summed E-state index contributed by atoms with van der Waals surface area (Å²) in [6.45, 7) is 5.00. The summed E-state index contributed by atoms with van der Waals surface area (Å²) >= 11 is 3.31. The lowest BCUT2D eigenvalue weighted by molar-refractivity contribution is -0.140. The van der Waals surface area contributed by atoms with E-state index in [-0.39, 0.29) is 10.8 Å². The predicted molar refractivity (Wildman–Crippen MR) is 67.3 cm³/mol. The summed E-state index contributed by atoms with van der Waals surface area (Å²) in [7, 11) is 1.41. The second-order valence-electron chi connectivity index (χ2n) is 4.39. The molecule has 1 aliphatic heterocycles. The molecule has 0 bridgehead atoms. The van der Waals surface area contributed by atoms with Gasteiger partial charge in [0.1, 0.15) is 4.83 Å². The standard InChI is InChI=1S/C11H21BrN2O2/c1-8-5-4-6-9(2)14(8)13-7-10(12)11(15)16-3/h8-10,13H,4-7H2,1-3H3. The van der Waals surface area contributed by atoms with E-state index < -0.39 is 0 Å². The van der Waals surface area contributed by atoms with Crippen molar-refractivity contribution in [3.05, 3.63) is 0 Å². The number of hydrogen-bond acceptors (Lipinski definition) is 4. The largest absolute Gasteiger partial charge is 0.468 e. The number of alkyl halides is 1. The zero-order valence-corrected chi connectivity index (χ0v) is 11.8. The smallest absolute Gasteiger partial charge is 0.320 e. The van der Waals surface area contributed by atoms with Gasteiger partial charge in [-0.15, -0.1) is 0 Å². The van der Waals surface area contributed by atoms with Crippen LogP contribution in [0.4, 0.5) is 0 Å².